The molecular weight excluding hydrogens is 345 g/mol. The number of ether oxygens (including phenoxy) is 1. The Labute approximate surface area is 138 Å². The molecule has 1 heterocycles. The summed E-state index contributed by atoms with van der Waals surface area (Å²) in [5, 5.41) is 3.39. The van der Waals surface area contributed by atoms with Crippen LogP contribution >= 0.6 is 15.9 Å². The number of rotatable bonds is 4. The van der Waals surface area contributed by atoms with Crippen molar-refractivity contribution in [1.82, 2.24) is 5.32 Å². The Balaban J connectivity index is 1.78. The van der Waals surface area contributed by atoms with E-state index in [0.29, 0.717) is 17.0 Å². The Bertz CT molecular complexity index is 620. The van der Waals surface area contributed by atoms with Crippen molar-refractivity contribution in [2.45, 2.75) is 25.4 Å². The molecule has 0 aliphatic carbocycles. The normalized spacial score (nSPS) is 15.7. The van der Waals surface area contributed by atoms with E-state index in [0.717, 1.165) is 31.5 Å². The Morgan fingerprint density at radius 2 is 1.86 bits per heavy atom. The molecule has 0 atom stereocenters. The van der Waals surface area contributed by atoms with E-state index < -0.39 is 0 Å². The number of halogens is 2. The van der Waals surface area contributed by atoms with Gasteiger partial charge in [0.1, 0.15) is 6.61 Å². The first-order valence-electron chi connectivity index (χ1n) is 7.61. The molecule has 1 fully saturated rings. The average molecular weight is 364 g/mol. The van der Waals surface area contributed by atoms with Gasteiger partial charge in [0.15, 0.2) is 11.6 Å². The molecule has 0 aromatic heterocycles. The maximum atomic E-state index is 13.8. The number of hydrogen-bond acceptors (Lipinski definition) is 2. The number of hydrogen-bond donors (Lipinski definition) is 1. The zero-order chi connectivity index (χ0) is 15.4. The summed E-state index contributed by atoms with van der Waals surface area (Å²) in [7, 11) is 0. The molecule has 22 heavy (non-hydrogen) atoms. The van der Waals surface area contributed by atoms with Gasteiger partial charge >= 0.3 is 0 Å². The van der Waals surface area contributed by atoms with Crippen molar-refractivity contribution in [3.8, 4) is 5.75 Å². The summed E-state index contributed by atoms with van der Waals surface area (Å²) < 4.78 is 20.2. The van der Waals surface area contributed by atoms with Gasteiger partial charge < -0.3 is 10.1 Å². The molecule has 0 spiro atoms. The second kappa shape index (κ2) is 7.25. The lowest BCUT2D eigenvalue weighted by molar-refractivity contribution is 0.285. The molecule has 2 aromatic carbocycles. The predicted molar refractivity (Wildman–Crippen MR) is 89.7 cm³/mol. The van der Waals surface area contributed by atoms with Crippen LogP contribution in [0.2, 0.25) is 0 Å². The van der Waals surface area contributed by atoms with E-state index in [1.54, 1.807) is 12.1 Å². The minimum absolute atomic E-state index is 0.280. The van der Waals surface area contributed by atoms with E-state index in [4.69, 9.17) is 4.74 Å². The smallest absolute Gasteiger partial charge is 0.169 e. The van der Waals surface area contributed by atoms with Crippen molar-refractivity contribution in [3.63, 3.8) is 0 Å². The summed E-state index contributed by atoms with van der Waals surface area (Å²) in [5.41, 5.74) is 2.47. The maximum Gasteiger partial charge on any atom is 0.169 e. The van der Waals surface area contributed by atoms with Gasteiger partial charge in [0.2, 0.25) is 0 Å². The van der Waals surface area contributed by atoms with Crippen molar-refractivity contribution < 1.29 is 9.13 Å². The number of benzene rings is 2. The van der Waals surface area contributed by atoms with E-state index >= 15 is 0 Å². The van der Waals surface area contributed by atoms with Crippen molar-refractivity contribution in [1.29, 1.82) is 0 Å². The van der Waals surface area contributed by atoms with Crippen LogP contribution in [0, 0.1) is 5.82 Å². The van der Waals surface area contributed by atoms with Gasteiger partial charge in [0, 0.05) is 0 Å². The van der Waals surface area contributed by atoms with Gasteiger partial charge in [-0.3, -0.25) is 0 Å². The minimum Gasteiger partial charge on any atom is -0.485 e. The standard InChI is InChI=1S/C18H19BrFNO/c19-16-6-3-7-17(20)18(16)22-12-14-4-1-2-5-15(14)13-8-10-21-11-9-13/h1-7,13,21H,8-12H2. The fourth-order valence-corrected chi connectivity index (χ4v) is 3.42. The summed E-state index contributed by atoms with van der Waals surface area (Å²) in [6, 6.07) is 13.2. The first-order valence-corrected chi connectivity index (χ1v) is 8.40. The third kappa shape index (κ3) is 3.50. The second-order valence-electron chi connectivity index (χ2n) is 5.56. The van der Waals surface area contributed by atoms with Crippen LogP contribution in [0.15, 0.2) is 46.9 Å². The van der Waals surface area contributed by atoms with Crippen molar-refractivity contribution >= 4 is 15.9 Å². The molecule has 0 radical (unpaired) electrons. The quantitative estimate of drug-likeness (QED) is 0.854. The maximum absolute atomic E-state index is 13.8. The van der Waals surface area contributed by atoms with E-state index in [1.165, 1.54) is 11.6 Å². The van der Waals surface area contributed by atoms with Crippen LogP contribution < -0.4 is 10.1 Å². The average Bonchev–Trinajstić information content (AvgIpc) is 2.56. The van der Waals surface area contributed by atoms with E-state index in [9.17, 15) is 4.39 Å². The highest BCUT2D eigenvalue weighted by Gasteiger charge is 2.18. The summed E-state index contributed by atoms with van der Waals surface area (Å²) in [6.45, 7) is 2.50. The molecule has 116 valence electrons. The lowest BCUT2D eigenvalue weighted by Crippen LogP contribution is -2.27. The monoisotopic (exact) mass is 363 g/mol. The van der Waals surface area contributed by atoms with Gasteiger partial charge in [-0.1, -0.05) is 30.3 Å². The fraction of sp³-hybridized carbons (Fsp3) is 0.333. The van der Waals surface area contributed by atoms with Crippen LogP contribution in [0.1, 0.15) is 29.9 Å². The molecule has 1 aliphatic rings. The van der Waals surface area contributed by atoms with Gasteiger partial charge in [-0.25, -0.2) is 4.39 Å². The lowest BCUT2D eigenvalue weighted by Gasteiger charge is -2.25. The summed E-state index contributed by atoms with van der Waals surface area (Å²) in [6.07, 6.45) is 2.28. The summed E-state index contributed by atoms with van der Waals surface area (Å²) >= 11 is 3.34. The van der Waals surface area contributed by atoms with Crippen LogP contribution in [0.3, 0.4) is 0 Å². The minimum atomic E-state index is -0.339. The van der Waals surface area contributed by atoms with Crippen LogP contribution in [0.25, 0.3) is 0 Å². The van der Waals surface area contributed by atoms with Gasteiger partial charge in [-0.2, -0.15) is 0 Å². The van der Waals surface area contributed by atoms with Crippen LogP contribution in [0.5, 0.6) is 5.75 Å². The van der Waals surface area contributed by atoms with Crippen molar-refractivity contribution in [3.05, 3.63) is 63.9 Å². The molecule has 1 N–H and O–H groups in total. The first kappa shape index (κ1) is 15.5. The lowest BCUT2D eigenvalue weighted by atomic mass is 9.87. The van der Waals surface area contributed by atoms with Crippen LogP contribution in [-0.4, -0.2) is 13.1 Å². The topological polar surface area (TPSA) is 21.3 Å². The second-order valence-corrected chi connectivity index (χ2v) is 6.42. The van der Waals surface area contributed by atoms with Crippen molar-refractivity contribution in [2.24, 2.45) is 0 Å². The number of piperidine rings is 1. The third-order valence-corrected chi connectivity index (χ3v) is 4.75. The van der Waals surface area contributed by atoms with E-state index in [-0.39, 0.29) is 11.6 Å². The van der Waals surface area contributed by atoms with Gasteiger partial charge in [-0.15, -0.1) is 0 Å². The highest BCUT2D eigenvalue weighted by atomic mass is 79.9. The third-order valence-electron chi connectivity index (χ3n) is 4.13. The molecular formula is C18H19BrFNO. The van der Waals surface area contributed by atoms with Gasteiger partial charge in [-0.05, 0) is 71.0 Å². The van der Waals surface area contributed by atoms with E-state index in [2.05, 4.69) is 39.4 Å². The Morgan fingerprint density at radius 3 is 2.64 bits per heavy atom. The van der Waals surface area contributed by atoms with E-state index in [1.807, 2.05) is 6.07 Å². The molecule has 3 rings (SSSR count). The SMILES string of the molecule is Fc1cccc(Br)c1OCc1ccccc1C1CCNCC1. The number of nitrogens with one attached hydrogen (secondary N) is 1. The van der Waals surface area contributed by atoms with Crippen LogP contribution in [0.4, 0.5) is 4.39 Å². The molecule has 0 bridgehead atoms. The summed E-state index contributed by atoms with van der Waals surface area (Å²) in [4.78, 5) is 0. The highest BCUT2D eigenvalue weighted by Crippen LogP contribution is 2.31. The van der Waals surface area contributed by atoms with Gasteiger partial charge in [0.25, 0.3) is 0 Å². The fourth-order valence-electron chi connectivity index (χ4n) is 2.97. The van der Waals surface area contributed by atoms with Crippen molar-refractivity contribution in [2.75, 3.05) is 13.1 Å². The molecule has 4 heteroatoms. The first-order chi connectivity index (χ1) is 10.8. The Hall–Kier alpha value is -1.39. The van der Waals surface area contributed by atoms with Gasteiger partial charge in [0.05, 0.1) is 4.47 Å². The molecule has 1 saturated heterocycles. The zero-order valence-electron chi connectivity index (χ0n) is 12.3. The number of para-hydroxylation sites is 1. The molecule has 0 unspecified atom stereocenters. The Morgan fingerprint density at radius 1 is 1.09 bits per heavy atom. The zero-order valence-corrected chi connectivity index (χ0v) is 13.9. The van der Waals surface area contributed by atoms with Crippen LogP contribution in [-0.2, 0) is 6.61 Å². The molecule has 2 aromatic rings. The Kier molecular flexibility index (Phi) is 5.11. The molecule has 0 saturated carbocycles. The summed E-state index contributed by atoms with van der Waals surface area (Å²) in [5.74, 6) is 0.501. The largest absolute Gasteiger partial charge is 0.485 e. The molecule has 1 aliphatic heterocycles. The highest BCUT2D eigenvalue weighted by molar-refractivity contribution is 9.10. The molecule has 2 nitrogen and oxygen atoms in total. The predicted octanol–water partition coefficient (Wildman–Crippen LogP) is 4.63. The molecule has 0 amide bonds.